The minimum atomic E-state index is -0.411. The topological polar surface area (TPSA) is 121 Å². The number of nitrogens with two attached hydrogens (primary N) is 3. The molecule has 0 amide bonds. The number of hydrazone groups is 1. The van der Waals surface area contributed by atoms with Crippen LogP contribution >= 0.6 is 0 Å². The predicted octanol–water partition coefficient (Wildman–Crippen LogP) is 1.81. The zero-order chi connectivity index (χ0) is 19.4. The summed E-state index contributed by atoms with van der Waals surface area (Å²) in [4.78, 5) is 0. The van der Waals surface area contributed by atoms with Crippen LogP contribution in [0.15, 0.2) is 41.5 Å². The Morgan fingerprint density at radius 3 is 2.93 bits per heavy atom. The van der Waals surface area contributed by atoms with E-state index in [-0.39, 0.29) is 12.8 Å². The van der Waals surface area contributed by atoms with Gasteiger partial charge in [-0.3, -0.25) is 5.01 Å². The minimum Gasteiger partial charge on any atom is -0.403 e. The Hall–Kier alpha value is -3.07. The van der Waals surface area contributed by atoms with E-state index in [1.807, 2.05) is 0 Å². The maximum absolute atomic E-state index is 14.3. The van der Waals surface area contributed by atoms with Gasteiger partial charge in [0.15, 0.2) is 6.23 Å². The van der Waals surface area contributed by atoms with Crippen LogP contribution in [0.4, 0.5) is 4.39 Å². The van der Waals surface area contributed by atoms with Crippen LogP contribution < -0.4 is 17.2 Å². The molecule has 2 heterocycles. The number of hydrogen-bond acceptors (Lipinski definition) is 7. The Kier molecular flexibility index (Phi) is 5.60. The SMILES string of the molecule is C=NN(/C=C(\N)c1cc(F)cc2c1cnn2C1CCCCO1)C/C(N)=C/N. The molecule has 0 aliphatic carbocycles. The first-order chi connectivity index (χ1) is 13.0. The summed E-state index contributed by atoms with van der Waals surface area (Å²) in [6.07, 6.45) is 7.19. The van der Waals surface area contributed by atoms with Crippen LogP contribution in [-0.4, -0.2) is 34.7 Å². The summed E-state index contributed by atoms with van der Waals surface area (Å²) < 4.78 is 21.8. The van der Waals surface area contributed by atoms with Crippen LogP contribution in [0, 0.1) is 5.82 Å². The van der Waals surface area contributed by atoms with Gasteiger partial charge in [-0.1, -0.05) is 0 Å². The van der Waals surface area contributed by atoms with Crippen molar-refractivity contribution < 1.29 is 9.13 Å². The van der Waals surface area contributed by atoms with Crippen LogP contribution in [0.2, 0.25) is 0 Å². The van der Waals surface area contributed by atoms with Crippen molar-refractivity contribution in [2.24, 2.45) is 22.3 Å². The third-order valence-corrected chi connectivity index (χ3v) is 4.45. The van der Waals surface area contributed by atoms with Crippen molar-refractivity contribution in [3.63, 3.8) is 0 Å². The van der Waals surface area contributed by atoms with Crippen molar-refractivity contribution in [2.45, 2.75) is 25.5 Å². The van der Waals surface area contributed by atoms with Crippen LogP contribution in [0.1, 0.15) is 31.1 Å². The average molecular weight is 373 g/mol. The van der Waals surface area contributed by atoms with Crippen LogP contribution in [0.25, 0.3) is 16.6 Å². The van der Waals surface area contributed by atoms with Crippen LogP contribution in [0.3, 0.4) is 0 Å². The molecule has 0 spiro atoms. The average Bonchev–Trinajstić information content (AvgIpc) is 3.10. The predicted molar refractivity (Wildman–Crippen MR) is 103 cm³/mol. The van der Waals surface area contributed by atoms with Crippen molar-refractivity contribution in [1.29, 1.82) is 0 Å². The van der Waals surface area contributed by atoms with E-state index in [0.29, 0.717) is 29.1 Å². The van der Waals surface area contributed by atoms with Crippen molar-refractivity contribution >= 4 is 23.3 Å². The second kappa shape index (κ2) is 8.09. The molecule has 1 unspecified atom stereocenters. The van der Waals surface area contributed by atoms with Gasteiger partial charge in [-0.25, -0.2) is 9.07 Å². The monoisotopic (exact) mass is 373 g/mol. The van der Waals surface area contributed by atoms with Crippen molar-refractivity contribution in [3.05, 3.63) is 47.8 Å². The minimum absolute atomic E-state index is 0.197. The molecule has 8 nitrogen and oxygen atoms in total. The van der Waals surface area contributed by atoms with Gasteiger partial charge < -0.3 is 21.9 Å². The van der Waals surface area contributed by atoms with Gasteiger partial charge in [0.25, 0.3) is 0 Å². The number of rotatable bonds is 6. The maximum atomic E-state index is 14.3. The summed E-state index contributed by atoms with van der Waals surface area (Å²) >= 11 is 0. The molecule has 1 aliphatic heterocycles. The largest absolute Gasteiger partial charge is 0.403 e. The molecule has 1 saturated heterocycles. The Morgan fingerprint density at radius 1 is 1.44 bits per heavy atom. The first-order valence-corrected chi connectivity index (χ1v) is 8.69. The Labute approximate surface area is 156 Å². The number of fused-ring (bicyclic) bond motifs is 1. The van der Waals surface area contributed by atoms with E-state index in [4.69, 9.17) is 21.9 Å². The van der Waals surface area contributed by atoms with Crippen molar-refractivity contribution in [3.8, 4) is 0 Å². The molecule has 1 aromatic heterocycles. The van der Waals surface area contributed by atoms with Crippen LogP contribution in [0.5, 0.6) is 0 Å². The van der Waals surface area contributed by atoms with E-state index in [1.54, 1.807) is 10.9 Å². The second-order valence-corrected chi connectivity index (χ2v) is 6.36. The molecule has 1 aliphatic rings. The Bertz CT molecular complexity index is 883. The number of benzene rings is 1. The zero-order valence-corrected chi connectivity index (χ0v) is 15.0. The highest BCUT2D eigenvalue weighted by Gasteiger charge is 2.20. The molecule has 144 valence electrons. The fourth-order valence-electron chi connectivity index (χ4n) is 3.10. The standard InChI is InChI=1S/C18H24FN7O/c1-23-25(10-13(21)8-20)11-16(22)14-6-12(19)7-17-15(14)9-24-26(17)18-4-2-3-5-27-18/h6-9,11,18H,1-5,10,20-22H2/b13-8-,16-11-. The molecule has 0 saturated carbocycles. The van der Waals surface area contributed by atoms with E-state index < -0.39 is 5.82 Å². The molecule has 27 heavy (non-hydrogen) atoms. The second-order valence-electron chi connectivity index (χ2n) is 6.36. The van der Waals surface area contributed by atoms with Gasteiger partial charge in [0.1, 0.15) is 5.82 Å². The fourth-order valence-corrected chi connectivity index (χ4v) is 3.10. The lowest BCUT2D eigenvalue weighted by molar-refractivity contribution is -0.0366. The third kappa shape index (κ3) is 4.03. The molecule has 9 heteroatoms. The first kappa shape index (κ1) is 18.7. The fraction of sp³-hybridized carbons (Fsp3) is 0.333. The summed E-state index contributed by atoms with van der Waals surface area (Å²) in [6.45, 7) is 4.37. The summed E-state index contributed by atoms with van der Waals surface area (Å²) in [5.41, 5.74) is 19.2. The quantitative estimate of drug-likeness (QED) is 0.524. The number of aromatic nitrogens is 2. The lowest BCUT2D eigenvalue weighted by Crippen LogP contribution is -2.20. The molecule has 6 N–H and O–H groups in total. The molecule has 0 bridgehead atoms. The van der Waals surface area contributed by atoms with E-state index in [0.717, 1.165) is 24.6 Å². The van der Waals surface area contributed by atoms with Crippen LogP contribution in [-0.2, 0) is 4.74 Å². The van der Waals surface area contributed by atoms with E-state index in [2.05, 4.69) is 16.9 Å². The van der Waals surface area contributed by atoms with Gasteiger partial charge in [-0.15, -0.1) is 0 Å². The lowest BCUT2D eigenvalue weighted by atomic mass is 10.1. The highest BCUT2D eigenvalue weighted by Crippen LogP contribution is 2.30. The normalized spacial score (nSPS) is 18.6. The molecule has 3 rings (SSSR count). The van der Waals surface area contributed by atoms with Gasteiger partial charge in [-0.2, -0.15) is 10.2 Å². The van der Waals surface area contributed by atoms with Gasteiger partial charge >= 0.3 is 0 Å². The van der Waals surface area contributed by atoms with E-state index >= 15 is 0 Å². The number of ether oxygens (including phenoxy) is 1. The molecule has 1 fully saturated rings. The van der Waals surface area contributed by atoms with Crippen molar-refractivity contribution in [1.82, 2.24) is 14.8 Å². The number of hydrogen-bond donors (Lipinski definition) is 3. The molecule has 2 aromatic rings. The zero-order valence-electron chi connectivity index (χ0n) is 15.0. The third-order valence-electron chi connectivity index (χ3n) is 4.45. The van der Waals surface area contributed by atoms with E-state index in [9.17, 15) is 4.39 Å². The smallest absolute Gasteiger partial charge is 0.150 e. The first-order valence-electron chi connectivity index (χ1n) is 8.69. The van der Waals surface area contributed by atoms with Gasteiger partial charge in [0, 0.05) is 42.4 Å². The summed E-state index contributed by atoms with van der Waals surface area (Å²) in [5.74, 6) is -0.411. The summed E-state index contributed by atoms with van der Waals surface area (Å²) in [5, 5.41) is 10.4. The van der Waals surface area contributed by atoms with Crippen molar-refractivity contribution in [2.75, 3.05) is 13.2 Å². The molecule has 1 aromatic carbocycles. The highest BCUT2D eigenvalue weighted by molar-refractivity contribution is 5.91. The molecular weight excluding hydrogens is 349 g/mol. The number of halogens is 1. The summed E-state index contributed by atoms with van der Waals surface area (Å²) in [6, 6.07) is 2.81. The Morgan fingerprint density at radius 2 is 2.26 bits per heavy atom. The van der Waals surface area contributed by atoms with Gasteiger partial charge in [0.2, 0.25) is 0 Å². The highest BCUT2D eigenvalue weighted by atomic mass is 19.1. The Balaban J connectivity index is 1.99. The van der Waals surface area contributed by atoms with E-state index in [1.165, 1.54) is 29.5 Å². The molecule has 1 atom stereocenters. The molecule has 0 radical (unpaired) electrons. The van der Waals surface area contributed by atoms with Gasteiger partial charge in [-0.05, 0) is 31.4 Å². The lowest BCUT2D eigenvalue weighted by Gasteiger charge is -2.23. The number of nitrogens with zero attached hydrogens (tertiary/aromatic N) is 4. The molecular formula is C18H24FN7O. The summed E-state index contributed by atoms with van der Waals surface area (Å²) in [7, 11) is 0. The van der Waals surface area contributed by atoms with Gasteiger partial charge in [0.05, 0.1) is 24.0 Å². The maximum Gasteiger partial charge on any atom is 0.150 e.